The first-order valence-corrected chi connectivity index (χ1v) is 12.8. The van der Waals surface area contributed by atoms with Crippen LogP contribution in [0.3, 0.4) is 0 Å². The number of piperidine rings is 1. The number of nitrogens with zero attached hydrogens (tertiary/aromatic N) is 6. The summed E-state index contributed by atoms with van der Waals surface area (Å²) < 4.78 is 21.9. The quantitative estimate of drug-likeness (QED) is 0.542. The van der Waals surface area contributed by atoms with Gasteiger partial charge in [0.1, 0.15) is 23.7 Å². The molecule has 1 aliphatic carbocycles. The topological polar surface area (TPSA) is 81.0 Å². The van der Waals surface area contributed by atoms with Crippen molar-refractivity contribution in [1.82, 2.24) is 24.7 Å². The van der Waals surface area contributed by atoms with Gasteiger partial charge in [-0.15, -0.1) is 5.10 Å². The lowest BCUT2D eigenvalue weighted by molar-refractivity contribution is 0.183. The molecule has 0 spiro atoms. The fourth-order valence-corrected chi connectivity index (χ4v) is 6.03. The predicted octanol–water partition coefficient (Wildman–Crippen LogP) is 4.80. The molecular formula is C25H29ClFN7O. The normalized spacial score (nSPS) is 25.7. The second-order valence-corrected chi connectivity index (χ2v) is 10.4. The van der Waals surface area contributed by atoms with Gasteiger partial charge in [-0.05, 0) is 63.0 Å². The summed E-state index contributed by atoms with van der Waals surface area (Å²) in [6, 6.07) is 6.67. The highest BCUT2D eigenvalue weighted by Crippen LogP contribution is 2.40. The van der Waals surface area contributed by atoms with E-state index in [0.717, 1.165) is 56.2 Å². The maximum atomic E-state index is 13.8. The fraction of sp³-hybridized carbons (Fsp3) is 0.520. The number of aryl methyl sites for hydroxylation is 2. The fourth-order valence-electron chi connectivity index (χ4n) is 5.82. The van der Waals surface area contributed by atoms with Crippen LogP contribution in [0.4, 0.5) is 16.2 Å². The van der Waals surface area contributed by atoms with Gasteiger partial charge in [0.05, 0.1) is 0 Å². The number of hydrogen-bond donors (Lipinski definition) is 1. The van der Waals surface area contributed by atoms with E-state index in [9.17, 15) is 4.39 Å². The van der Waals surface area contributed by atoms with Gasteiger partial charge in [0.2, 0.25) is 5.95 Å². The molecule has 3 aromatic rings. The number of halogens is 2. The first kappa shape index (κ1) is 22.5. The van der Waals surface area contributed by atoms with Crippen molar-refractivity contribution in [3.8, 4) is 5.75 Å². The van der Waals surface area contributed by atoms with Crippen LogP contribution >= 0.6 is 11.6 Å². The van der Waals surface area contributed by atoms with Crippen LogP contribution in [0.2, 0.25) is 5.02 Å². The van der Waals surface area contributed by atoms with E-state index >= 15 is 0 Å². The summed E-state index contributed by atoms with van der Waals surface area (Å²) in [5, 5.41) is 8.78. The minimum Gasteiger partial charge on any atom is -0.482 e. The molecule has 10 heteroatoms. The molecule has 1 saturated carbocycles. The maximum absolute atomic E-state index is 13.8. The third-order valence-corrected chi connectivity index (χ3v) is 7.65. The second-order valence-electron chi connectivity index (χ2n) is 9.91. The highest BCUT2D eigenvalue weighted by atomic mass is 35.5. The molecule has 0 radical (unpaired) electrons. The van der Waals surface area contributed by atoms with Gasteiger partial charge in [0, 0.05) is 48.5 Å². The summed E-state index contributed by atoms with van der Waals surface area (Å²) in [5.41, 5.74) is 0.989. The van der Waals surface area contributed by atoms with E-state index in [2.05, 4.69) is 26.3 Å². The zero-order chi connectivity index (χ0) is 23.9. The predicted molar refractivity (Wildman–Crippen MR) is 131 cm³/mol. The van der Waals surface area contributed by atoms with E-state index in [1.807, 2.05) is 11.6 Å². The van der Waals surface area contributed by atoms with Crippen molar-refractivity contribution < 1.29 is 9.13 Å². The van der Waals surface area contributed by atoms with E-state index in [4.69, 9.17) is 26.4 Å². The Morgan fingerprint density at radius 3 is 2.66 bits per heavy atom. The van der Waals surface area contributed by atoms with Crippen LogP contribution < -0.4 is 15.0 Å². The molecule has 2 bridgehead atoms. The Morgan fingerprint density at radius 2 is 1.89 bits per heavy atom. The first-order chi connectivity index (χ1) is 17.0. The van der Waals surface area contributed by atoms with Crippen molar-refractivity contribution in [2.24, 2.45) is 11.8 Å². The Balaban J connectivity index is 1.18. The minimum atomic E-state index is -0.413. The van der Waals surface area contributed by atoms with Gasteiger partial charge < -0.3 is 15.0 Å². The Hall–Kier alpha value is -2.94. The van der Waals surface area contributed by atoms with Crippen LogP contribution in [0.5, 0.6) is 5.75 Å². The molecular weight excluding hydrogens is 469 g/mol. The van der Waals surface area contributed by atoms with Crippen LogP contribution in [0, 0.1) is 24.6 Å². The number of rotatable bonds is 5. The molecule has 184 valence electrons. The first-order valence-electron chi connectivity index (χ1n) is 12.4. The molecule has 8 nitrogen and oxygen atoms in total. The van der Waals surface area contributed by atoms with Crippen LogP contribution in [-0.4, -0.2) is 43.9 Å². The van der Waals surface area contributed by atoms with E-state index in [1.54, 1.807) is 12.4 Å². The van der Waals surface area contributed by atoms with Crippen molar-refractivity contribution in [3.63, 3.8) is 0 Å². The molecule has 35 heavy (non-hydrogen) atoms. The van der Waals surface area contributed by atoms with Crippen molar-refractivity contribution in [3.05, 3.63) is 53.0 Å². The highest BCUT2D eigenvalue weighted by molar-refractivity contribution is 6.30. The zero-order valence-corrected chi connectivity index (χ0v) is 20.5. The summed E-state index contributed by atoms with van der Waals surface area (Å²) in [4.78, 5) is 16.0. The average molecular weight is 498 g/mol. The van der Waals surface area contributed by atoms with Crippen molar-refractivity contribution in [2.75, 3.05) is 23.3 Å². The van der Waals surface area contributed by atoms with Gasteiger partial charge in [0.25, 0.3) is 0 Å². The smallest absolute Gasteiger partial charge is 0.242 e. The number of ether oxygens (including phenoxy) is 1. The van der Waals surface area contributed by atoms with Crippen molar-refractivity contribution in [2.45, 2.75) is 57.7 Å². The van der Waals surface area contributed by atoms with Crippen LogP contribution in [0.1, 0.15) is 49.7 Å². The summed E-state index contributed by atoms with van der Waals surface area (Å²) in [6.07, 6.45) is 6.51. The van der Waals surface area contributed by atoms with Gasteiger partial charge in [0.15, 0.2) is 11.9 Å². The molecule has 0 amide bonds. The molecule has 4 heterocycles. The second kappa shape index (κ2) is 9.26. The highest BCUT2D eigenvalue weighted by Gasteiger charge is 2.43. The number of hydrogen-bond acceptors (Lipinski definition) is 7. The standard InChI is InChI=1S/C25H29ClFN7O/c1-15-8-22(29-14-28-15)33-12-16-5-6-17(13-33)23(16)30-25-31-24-21(4-2-3-7-34(24)32-25)35-20-10-18(26)9-19(27)11-20/h8-11,14,16-17,21,23H,2-7,12-13H2,1H3,(H,30,32)/t16-,17+,21-,23?/m0/s1. The van der Waals surface area contributed by atoms with Crippen LogP contribution in [0.15, 0.2) is 30.6 Å². The number of aromatic nitrogens is 5. The number of fused-ring (bicyclic) bond motifs is 3. The number of nitrogens with one attached hydrogen (secondary N) is 1. The van der Waals surface area contributed by atoms with Crippen molar-refractivity contribution in [1.29, 1.82) is 0 Å². The van der Waals surface area contributed by atoms with E-state index < -0.39 is 5.82 Å². The molecule has 1 N–H and O–H groups in total. The molecule has 2 fully saturated rings. The summed E-state index contributed by atoms with van der Waals surface area (Å²) in [6.45, 7) is 4.73. The lowest BCUT2D eigenvalue weighted by Gasteiger charge is -2.38. The lowest BCUT2D eigenvalue weighted by Crippen LogP contribution is -2.48. The van der Waals surface area contributed by atoms with Gasteiger partial charge in [-0.3, -0.25) is 0 Å². The third-order valence-electron chi connectivity index (χ3n) is 7.43. The van der Waals surface area contributed by atoms with E-state index in [1.165, 1.54) is 25.0 Å². The van der Waals surface area contributed by atoms with Crippen LogP contribution in [-0.2, 0) is 6.54 Å². The largest absolute Gasteiger partial charge is 0.482 e. The molecule has 6 rings (SSSR count). The zero-order valence-electron chi connectivity index (χ0n) is 19.7. The summed E-state index contributed by atoms with van der Waals surface area (Å²) in [7, 11) is 0. The van der Waals surface area contributed by atoms with Gasteiger partial charge in [-0.25, -0.2) is 19.0 Å². The Morgan fingerprint density at radius 1 is 1.06 bits per heavy atom. The van der Waals surface area contributed by atoms with Gasteiger partial charge in [-0.1, -0.05) is 11.6 Å². The number of benzene rings is 1. The van der Waals surface area contributed by atoms with Crippen molar-refractivity contribution >= 4 is 23.4 Å². The van der Waals surface area contributed by atoms with E-state index in [-0.39, 0.29) is 6.10 Å². The molecule has 2 aromatic heterocycles. The Bertz CT molecular complexity index is 1190. The molecule has 1 unspecified atom stereocenters. The maximum Gasteiger partial charge on any atom is 0.242 e. The Kier molecular flexibility index (Phi) is 5.96. The molecule has 3 aliphatic rings. The monoisotopic (exact) mass is 497 g/mol. The summed E-state index contributed by atoms with van der Waals surface area (Å²) in [5.74, 6) is 3.47. The number of anilines is 2. The molecule has 2 aliphatic heterocycles. The third kappa shape index (κ3) is 4.66. The average Bonchev–Trinajstić information content (AvgIpc) is 3.23. The van der Waals surface area contributed by atoms with Gasteiger partial charge in [-0.2, -0.15) is 4.98 Å². The lowest BCUT2D eigenvalue weighted by atomic mass is 9.92. The minimum absolute atomic E-state index is 0.294. The van der Waals surface area contributed by atoms with Gasteiger partial charge >= 0.3 is 0 Å². The van der Waals surface area contributed by atoms with Crippen LogP contribution in [0.25, 0.3) is 0 Å². The summed E-state index contributed by atoms with van der Waals surface area (Å²) >= 11 is 6.03. The Labute approximate surface area is 208 Å². The molecule has 4 atom stereocenters. The molecule has 1 aromatic carbocycles. The van der Waals surface area contributed by atoms with E-state index in [0.29, 0.717) is 34.6 Å². The SMILES string of the molecule is Cc1cc(N2C[C@H]3CC[C@@H](C2)C3Nc2nc3n(n2)CCCC[C@@H]3Oc2cc(F)cc(Cl)c2)ncn1. The molecule has 1 saturated heterocycles.